The minimum absolute atomic E-state index is 0. The maximum Gasteiger partial charge on any atom is -1.00 e. The van der Waals surface area contributed by atoms with Crippen molar-refractivity contribution in [2.24, 2.45) is 0 Å². The molecule has 1 aromatic carbocycles. The van der Waals surface area contributed by atoms with E-state index in [-0.39, 0.29) is 48.0 Å². The van der Waals surface area contributed by atoms with Gasteiger partial charge in [-0.15, -0.1) is 0 Å². The van der Waals surface area contributed by atoms with Crippen molar-refractivity contribution < 1.29 is 68.4 Å². The van der Waals surface area contributed by atoms with Crippen LogP contribution in [0.3, 0.4) is 0 Å². The number of rotatable bonds is 2. The van der Waals surface area contributed by atoms with Crippen LogP contribution in [-0.2, 0) is 20.4 Å². The van der Waals surface area contributed by atoms with E-state index in [2.05, 4.69) is 57.7 Å². The largest absolute Gasteiger partial charge is 1.00 e. The van der Waals surface area contributed by atoms with Crippen LogP contribution < -0.4 is 48.0 Å². The molecule has 0 heterocycles. The predicted octanol–water partition coefficient (Wildman–Crippen LogP) is -2.52. The molecule has 1 aliphatic carbocycles. The van der Waals surface area contributed by atoms with Crippen molar-refractivity contribution in [3.63, 3.8) is 0 Å². The van der Waals surface area contributed by atoms with E-state index >= 15 is 0 Å². The third-order valence-electron chi connectivity index (χ3n) is 2.64. The van der Waals surface area contributed by atoms with E-state index in [1.165, 1.54) is 27.8 Å². The Labute approximate surface area is 138 Å². The Bertz CT molecular complexity index is 347. The van der Waals surface area contributed by atoms with Crippen molar-refractivity contribution in [1.29, 1.82) is 0 Å². The zero-order chi connectivity index (χ0) is 9.26. The van der Waals surface area contributed by atoms with Gasteiger partial charge < -0.3 is 48.0 Å². The molecule has 0 saturated carbocycles. The zero-order valence-corrected chi connectivity index (χ0v) is 14.5. The third kappa shape index (κ3) is 3.55. The first-order valence-corrected chi connectivity index (χ1v) is 5.63. The third-order valence-corrected chi connectivity index (χ3v) is 3.40. The Morgan fingerprint density at radius 3 is 2.53 bits per heavy atom. The molecule has 0 aliphatic heterocycles. The number of benzene rings is 1. The summed E-state index contributed by atoms with van der Waals surface area (Å²) in [5.41, 5.74) is 2.96. The van der Waals surface area contributed by atoms with Crippen LogP contribution in [0.1, 0.15) is 36.8 Å². The normalized spacial score (nSPS) is 17.3. The summed E-state index contributed by atoms with van der Waals surface area (Å²) >= 11 is 2.25. The summed E-state index contributed by atoms with van der Waals surface area (Å²) in [6.45, 7) is 2.26. The molecule has 0 N–H and O–H groups in total. The van der Waals surface area contributed by atoms with Crippen LogP contribution in [-0.4, -0.2) is 0 Å². The fourth-order valence-electron chi connectivity index (χ4n) is 2.00. The fourth-order valence-corrected chi connectivity index (χ4v) is 2.71. The number of hydrogen-bond donors (Lipinski definition) is 0. The molecule has 1 atom stereocenters. The average molecular weight is 459 g/mol. The standard InChI is InChI=1S/C12H13.2HI.Ti/c1-2-5-10-8-9-11-6-3-4-7-12(10)11;;;/h3-4,6-7,9-10H,2,5H2,1H3;2*1H;/q;;;+2/p-2. The molecule has 0 fully saturated rings. The van der Waals surface area contributed by atoms with Gasteiger partial charge in [0.05, 0.1) is 0 Å². The van der Waals surface area contributed by atoms with Gasteiger partial charge in [-0.1, -0.05) is 0 Å². The van der Waals surface area contributed by atoms with Gasteiger partial charge in [0.2, 0.25) is 0 Å². The second-order valence-electron chi connectivity index (χ2n) is 3.57. The molecule has 3 heteroatoms. The number of fused-ring (bicyclic) bond motifs is 1. The maximum atomic E-state index is 2.33. The molecule has 15 heavy (non-hydrogen) atoms. The minimum Gasteiger partial charge on any atom is -1.00 e. The number of halogens is 2. The molecule has 1 aliphatic rings. The molecule has 2 rings (SSSR count). The van der Waals surface area contributed by atoms with Crippen LogP contribution in [0.25, 0.3) is 6.08 Å². The van der Waals surface area contributed by atoms with Gasteiger partial charge >= 0.3 is 91.5 Å². The van der Waals surface area contributed by atoms with Gasteiger partial charge in [-0.05, 0) is 0 Å². The molecular weight excluding hydrogens is 446 g/mol. The molecule has 0 bridgehead atoms. The SMILES string of the molecule is CCCC1[C]([Ti+2])=Cc2ccccc21.[I-].[I-]. The molecular formula is C12H13I2Ti. The maximum absolute atomic E-state index is 2.33. The summed E-state index contributed by atoms with van der Waals surface area (Å²) in [4.78, 5) is 0. The first-order valence-electron chi connectivity index (χ1n) is 4.85. The van der Waals surface area contributed by atoms with Crippen molar-refractivity contribution in [3.8, 4) is 0 Å². The van der Waals surface area contributed by atoms with E-state index in [4.69, 9.17) is 0 Å². The van der Waals surface area contributed by atoms with Gasteiger partial charge in [0.1, 0.15) is 0 Å². The zero-order valence-electron chi connectivity index (χ0n) is 8.63. The van der Waals surface area contributed by atoms with Gasteiger partial charge in [0.25, 0.3) is 0 Å². The van der Waals surface area contributed by atoms with Crippen molar-refractivity contribution in [1.82, 2.24) is 0 Å². The molecule has 0 radical (unpaired) electrons. The van der Waals surface area contributed by atoms with Gasteiger partial charge in [-0.3, -0.25) is 0 Å². The first kappa shape index (κ1) is 16.1. The molecule has 0 saturated heterocycles. The monoisotopic (exact) mass is 459 g/mol. The molecule has 1 aromatic rings. The fraction of sp³-hybridized carbons (Fsp3) is 0.333. The number of hydrogen-bond acceptors (Lipinski definition) is 0. The van der Waals surface area contributed by atoms with Gasteiger partial charge in [-0.2, -0.15) is 0 Å². The Hall–Kier alpha value is 1.13. The summed E-state index contributed by atoms with van der Waals surface area (Å²) in [5, 5.41) is 0. The van der Waals surface area contributed by atoms with Crippen LogP contribution in [0.5, 0.6) is 0 Å². The van der Waals surface area contributed by atoms with Crippen LogP contribution in [0.4, 0.5) is 0 Å². The van der Waals surface area contributed by atoms with Crippen molar-refractivity contribution in [2.75, 3.05) is 0 Å². The van der Waals surface area contributed by atoms with E-state index in [0.29, 0.717) is 5.92 Å². The van der Waals surface area contributed by atoms with Crippen molar-refractivity contribution >= 4 is 6.08 Å². The second-order valence-corrected chi connectivity index (χ2v) is 4.47. The summed E-state index contributed by atoms with van der Waals surface area (Å²) in [6, 6.07) is 8.75. The average Bonchev–Trinajstić information content (AvgIpc) is 2.44. The second kappa shape index (κ2) is 7.46. The van der Waals surface area contributed by atoms with Crippen LogP contribution in [0.2, 0.25) is 0 Å². The molecule has 79 valence electrons. The molecule has 0 aromatic heterocycles. The van der Waals surface area contributed by atoms with Crippen molar-refractivity contribution in [2.45, 2.75) is 25.7 Å². The van der Waals surface area contributed by atoms with Gasteiger partial charge in [-0.25, -0.2) is 0 Å². The van der Waals surface area contributed by atoms with Gasteiger partial charge in [0.15, 0.2) is 0 Å². The van der Waals surface area contributed by atoms with E-state index in [0.717, 1.165) is 0 Å². The first-order chi connectivity index (χ1) is 6.33. The number of allylic oxidation sites excluding steroid dienone is 1. The Morgan fingerprint density at radius 1 is 1.20 bits per heavy atom. The minimum atomic E-state index is 0. The van der Waals surface area contributed by atoms with Crippen molar-refractivity contribution in [3.05, 3.63) is 39.3 Å². The summed E-state index contributed by atoms with van der Waals surface area (Å²) in [5.74, 6) is 0.696. The summed E-state index contributed by atoms with van der Waals surface area (Å²) < 4.78 is 1.53. The topological polar surface area (TPSA) is 0 Å². The predicted molar refractivity (Wildman–Crippen MR) is 52.1 cm³/mol. The van der Waals surface area contributed by atoms with E-state index in [9.17, 15) is 0 Å². The Balaban J connectivity index is 0.000000980. The Kier molecular flexibility index (Phi) is 8.02. The van der Waals surface area contributed by atoms with E-state index in [1.54, 1.807) is 0 Å². The molecule has 0 nitrogen and oxygen atoms in total. The Morgan fingerprint density at radius 2 is 1.87 bits per heavy atom. The molecule has 0 amide bonds. The summed E-state index contributed by atoms with van der Waals surface area (Å²) in [6.07, 6.45) is 4.89. The van der Waals surface area contributed by atoms with Crippen LogP contribution in [0, 0.1) is 0 Å². The van der Waals surface area contributed by atoms with Gasteiger partial charge in [0, 0.05) is 0 Å². The quantitative estimate of drug-likeness (QED) is 0.339. The molecule has 0 spiro atoms. The summed E-state index contributed by atoms with van der Waals surface area (Å²) in [7, 11) is 0. The molecule has 1 unspecified atom stereocenters. The van der Waals surface area contributed by atoms with Crippen LogP contribution >= 0.6 is 0 Å². The smallest absolute Gasteiger partial charge is 1.00 e. The van der Waals surface area contributed by atoms with E-state index in [1.807, 2.05) is 0 Å². The van der Waals surface area contributed by atoms with Crippen LogP contribution in [0.15, 0.2) is 28.1 Å². The van der Waals surface area contributed by atoms with E-state index < -0.39 is 0 Å².